The number of aromatic nitrogens is 3. The van der Waals surface area contributed by atoms with Gasteiger partial charge in [-0.15, -0.1) is 5.10 Å². The van der Waals surface area contributed by atoms with Crippen molar-refractivity contribution >= 4 is 11.9 Å². The summed E-state index contributed by atoms with van der Waals surface area (Å²) in [5.74, 6) is -2.76. The van der Waals surface area contributed by atoms with Crippen LogP contribution in [0.25, 0.3) is 0 Å². The number of carboxylic acids is 1. The maximum Gasteiger partial charge on any atom is 0.435 e. The van der Waals surface area contributed by atoms with E-state index in [0.717, 1.165) is 12.1 Å². The Morgan fingerprint density at radius 3 is 2.26 bits per heavy atom. The molecule has 11 heteroatoms. The molecule has 0 aliphatic carbocycles. The topological polar surface area (TPSA) is 97.1 Å². The zero-order valence-electron chi connectivity index (χ0n) is 16.0. The Hall–Kier alpha value is -3.76. The minimum absolute atomic E-state index is 0.0328. The molecule has 0 radical (unpaired) electrons. The van der Waals surface area contributed by atoms with Crippen molar-refractivity contribution in [3.8, 4) is 0 Å². The maximum absolute atomic E-state index is 13.7. The van der Waals surface area contributed by atoms with Crippen LogP contribution in [-0.4, -0.2) is 32.0 Å². The van der Waals surface area contributed by atoms with Crippen LogP contribution in [0.5, 0.6) is 0 Å². The number of amides is 1. The fourth-order valence-corrected chi connectivity index (χ4v) is 2.88. The minimum Gasteiger partial charge on any atom is -0.478 e. The van der Waals surface area contributed by atoms with Gasteiger partial charge in [-0.05, 0) is 42.3 Å². The van der Waals surface area contributed by atoms with Crippen LogP contribution < -0.4 is 5.32 Å². The first kappa shape index (κ1) is 21.9. The number of hydrogen-bond donors (Lipinski definition) is 2. The number of carbonyl (C=O) groups excluding carboxylic acids is 1. The predicted octanol–water partition coefficient (Wildman–Crippen LogP) is 3.67. The third-order valence-electron chi connectivity index (χ3n) is 4.47. The number of carboxylic acid groups (broad SMARTS) is 1. The van der Waals surface area contributed by atoms with Crippen molar-refractivity contribution in [2.75, 3.05) is 0 Å². The number of benzene rings is 2. The van der Waals surface area contributed by atoms with Crippen LogP contribution in [-0.2, 0) is 12.7 Å². The van der Waals surface area contributed by atoms with Crippen molar-refractivity contribution in [1.82, 2.24) is 20.3 Å². The number of nitrogens with zero attached hydrogens (tertiary/aromatic N) is 3. The van der Waals surface area contributed by atoms with E-state index in [0.29, 0.717) is 15.8 Å². The second kappa shape index (κ2) is 8.54. The highest BCUT2D eigenvalue weighted by Crippen LogP contribution is 2.31. The molecule has 3 rings (SSSR count). The lowest BCUT2D eigenvalue weighted by Crippen LogP contribution is -2.29. The molecule has 31 heavy (non-hydrogen) atoms. The van der Waals surface area contributed by atoms with Gasteiger partial charge >= 0.3 is 12.1 Å². The quantitative estimate of drug-likeness (QED) is 0.575. The van der Waals surface area contributed by atoms with Crippen molar-refractivity contribution < 1.29 is 32.3 Å². The molecule has 0 saturated carbocycles. The summed E-state index contributed by atoms with van der Waals surface area (Å²) in [4.78, 5) is 23.4. The van der Waals surface area contributed by atoms with Gasteiger partial charge in [0.05, 0.1) is 18.2 Å². The molecular formula is C20H16F4N4O3. The van der Waals surface area contributed by atoms with Crippen LogP contribution in [0.4, 0.5) is 17.6 Å². The zero-order valence-corrected chi connectivity index (χ0v) is 16.0. The summed E-state index contributed by atoms with van der Waals surface area (Å²) < 4.78 is 54.5. The van der Waals surface area contributed by atoms with Gasteiger partial charge in [0.25, 0.3) is 5.91 Å². The van der Waals surface area contributed by atoms with E-state index in [1.54, 1.807) is 0 Å². The molecule has 0 fully saturated rings. The Morgan fingerprint density at radius 1 is 1.10 bits per heavy atom. The number of aromatic carboxylic acids is 1. The first-order valence-electron chi connectivity index (χ1n) is 8.95. The molecule has 0 aliphatic rings. The molecule has 0 spiro atoms. The molecule has 0 saturated heterocycles. The van der Waals surface area contributed by atoms with Crippen molar-refractivity contribution in [3.05, 3.63) is 82.4 Å². The Morgan fingerprint density at radius 2 is 1.71 bits per heavy atom. The molecule has 2 aromatic carbocycles. The monoisotopic (exact) mass is 436 g/mol. The van der Waals surface area contributed by atoms with E-state index in [1.165, 1.54) is 43.3 Å². The lowest BCUT2D eigenvalue weighted by atomic mass is 10.1. The minimum atomic E-state index is -4.91. The van der Waals surface area contributed by atoms with E-state index < -0.39 is 41.3 Å². The van der Waals surface area contributed by atoms with Gasteiger partial charge in [0.15, 0.2) is 11.4 Å². The first-order chi connectivity index (χ1) is 14.6. The van der Waals surface area contributed by atoms with E-state index in [-0.39, 0.29) is 12.1 Å². The highest BCUT2D eigenvalue weighted by atomic mass is 19.4. The number of carbonyl (C=O) groups is 2. The Balaban J connectivity index is 1.83. The summed E-state index contributed by atoms with van der Waals surface area (Å²) in [5, 5.41) is 18.2. The number of hydrogen-bond acceptors (Lipinski definition) is 4. The number of nitrogens with one attached hydrogen (secondary N) is 1. The number of halogens is 4. The van der Waals surface area contributed by atoms with Crippen LogP contribution in [0.1, 0.15) is 50.6 Å². The van der Waals surface area contributed by atoms with Crippen molar-refractivity contribution in [2.45, 2.75) is 25.7 Å². The van der Waals surface area contributed by atoms with Gasteiger partial charge in [0.2, 0.25) is 0 Å². The summed E-state index contributed by atoms with van der Waals surface area (Å²) >= 11 is 0. The molecule has 1 aromatic heterocycles. The normalized spacial score (nSPS) is 12.4. The van der Waals surface area contributed by atoms with Crippen LogP contribution in [0.3, 0.4) is 0 Å². The average Bonchev–Trinajstić information content (AvgIpc) is 3.14. The largest absolute Gasteiger partial charge is 0.478 e. The van der Waals surface area contributed by atoms with E-state index in [4.69, 9.17) is 5.11 Å². The van der Waals surface area contributed by atoms with Gasteiger partial charge in [-0.3, -0.25) is 4.79 Å². The summed E-state index contributed by atoms with van der Waals surface area (Å²) in [5.41, 5.74) is -1.36. The van der Waals surface area contributed by atoms with E-state index >= 15 is 0 Å². The standard InChI is InChI=1S/C20H16F4N4O3/c1-11(13-4-6-14(7-5-13)19(30)31)25-18(29)16-17(20(22,23)24)28(27-26-16)10-12-2-8-15(21)9-3-12/h2-9,11H,10H2,1H3,(H,25,29)(H,30,31)/t11-/m0/s1. The lowest BCUT2D eigenvalue weighted by Gasteiger charge is -2.15. The molecule has 2 N–H and O–H groups in total. The van der Waals surface area contributed by atoms with E-state index in [1.807, 2.05) is 0 Å². The Bertz CT molecular complexity index is 1090. The van der Waals surface area contributed by atoms with Gasteiger partial charge in [0, 0.05) is 0 Å². The van der Waals surface area contributed by atoms with Crippen LogP contribution >= 0.6 is 0 Å². The maximum atomic E-state index is 13.7. The Kier molecular flexibility index (Phi) is 6.04. The lowest BCUT2D eigenvalue weighted by molar-refractivity contribution is -0.144. The summed E-state index contributed by atoms with van der Waals surface area (Å²) in [6.45, 7) is 1.17. The highest BCUT2D eigenvalue weighted by molar-refractivity contribution is 5.93. The molecule has 0 unspecified atom stereocenters. The molecule has 3 aromatic rings. The van der Waals surface area contributed by atoms with E-state index in [2.05, 4.69) is 15.6 Å². The van der Waals surface area contributed by atoms with Gasteiger partial charge in [-0.25, -0.2) is 13.9 Å². The van der Waals surface area contributed by atoms with Crippen molar-refractivity contribution in [1.29, 1.82) is 0 Å². The third-order valence-corrected chi connectivity index (χ3v) is 4.47. The molecule has 162 valence electrons. The SMILES string of the molecule is C[C@H](NC(=O)c1nnn(Cc2ccc(F)cc2)c1C(F)(F)F)c1ccc(C(=O)O)cc1. The zero-order chi connectivity index (χ0) is 22.8. The molecule has 0 aliphatic heterocycles. The molecule has 1 amide bonds. The summed E-state index contributed by atoms with van der Waals surface area (Å²) in [6, 6.07) is 9.63. The summed E-state index contributed by atoms with van der Waals surface area (Å²) in [7, 11) is 0. The van der Waals surface area contributed by atoms with Gasteiger partial charge in [-0.2, -0.15) is 13.2 Å². The predicted molar refractivity (Wildman–Crippen MR) is 99.8 cm³/mol. The molecule has 1 atom stereocenters. The van der Waals surface area contributed by atoms with Crippen molar-refractivity contribution in [3.63, 3.8) is 0 Å². The van der Waals surface area contributed by atoms with Crippen LogP contribution in [0.15, 0.2) is 48.5 Å². The van der Waals surface area contributed by atoms with Gasteiger partial charge in [-0.1, -0.05) is 29.5 Å². The highest BCUT2D eigenvalue weighted by Gasteiger charge is 2.41. The van der Waals surface area contributed by atoms with E-state index in [9.17, 15) is 27.2 Å². The second-order valence-corrected chi connectivity index (χ2v) is 6.69. The molecular weight excluding hydrogens is 420 g/mol. The van der Waals surface area contributed by atoms with Crippen LogP contribution in [0, 0.1) is 5.82 Å². The number of rotatable bonds is 6. The van der Waals surface area contributed by atoms with Gasteiger partial charge in [0.1, 0.15) is 5.82 Å². The number of alkyl halides is 3. The van der Waals surface area contributed by atoms with Gasteiger partial charge < -0.3 is 10.4 Å². The molecule has 0 bridgehead atoms. The summed E-state index contributed by atoms with van der Waals surface area (Å²) in [6.07, 6.45) is -4.91. The Labute approximate surface area is 173 Å². The average molecular weight is 436 g/mol. The molecule has 1 heterocycles. The fourth-order valence-electron chi connectivity index (χ4n) is 2.88. The fraction of sp³-hybridized carbons (Fsp3) is 0.200. The second-order valence-electron chi connectivity index (χ2n) is 6.69. The third kappa shape index (κ3) is 5.05. The van der Waals surface area contributed by atoms with Crippen molar-refractivity contribution in [2.24, 2.45) is 0 Å². The first-order valence-corrected chi connectivity index (χ1v) is 8.95. The molecule has 7 nitrogen and oxygen atoms in total. The van der Waals surface area contributed by atoms with Crippen LogP contribution in [0.2, 0.25) is 0 Å². The smallest absolute Gasteiger partial charge is 0.435 e.